The summed E-state index contributed by atoms with van der Waals surface area (Å²) in [5, 5.41) is 2.34. The van der Waals surface area contributed by atoms with Crippen LogP contribution in [0.4, 0.5) is 0 Å². The summed E-state index contributed by atoms with van der Waals surface area (Å²) in [4.78, 5) is 13.5. The molecule has 0 heterocycles. The Kier molecular flexibility index (Phi) is 4.40. The highest BCUT2D eigenvalue weighted by Crippen LogP contribution is 1.74. The average Bonchev–Trinajstić information content (AvgIpc) is 1.80. The molecule has 0 radical (unpaired) electrons. The third-order valence-electron chi connectivity index (χ3n) is 0.572. The highest BCUT2D eigenvalue weighted by atomic mass is 16.1. The second-order valence-electron chi connectivity index (χ2n) is 1.68. The first-order valence-electron chi connectivity index (χ1n) is 2.63. The number of rotatable bonds is 3. The Morgan fingerprint density at radius 2 is 2.22 bits per heavy atom. The van der Waals surface area contributed by atoms with Gasteiger partial charge in [0.1, 0.15) is 0 Å². The Morgan fingerprint density at radius 3 is 2.67 bits per heavy atom. The van der Waals surface area contributed by atoms with E-state index in [1.54, 1.807) is 0 Å². The van der Waals surface area contributed by atoms with Gasteiger partial charge >= 0.3 is 0 Å². The van der Waals surface area contributed by atoms with Crippen molar-refractivity contribution in [2.75, 3.05) is 0 Å². The van der Waals surface area contributed by atoms with Crippen LogP contribution in [-0.2, 0) is 4.79 Å². The molecule has 0 saturated heterocycles. The Labute approximate surface area is 54.5 Å². The lowest BCUT2D eigenvalue weighted by Gasteiger charge is -1.82. The van der Waals surface area contributed by atoms with Gasteiger partial charge in [-0.15, -0.1) is 0 Å². The molecule has 0 aromatic heterocycles. The number of nitrogens with one attached hydrogen (secondary N) is 1. The summed E-state index contributed by atoms with van der Waals surface area (Å²) in [6.07, 6.45) is 3.60. The lowest BCUT2D eigenvalue weighted by molar-refractivity contribution is -0.108. The van der Waals surface area contributed by atoms with Crippen molar-refractivity contribution in [2.45, 2.75) is 13.8 Å². The molecular formula is C6H10N2O. The van der Waals surface area contributed by atoms with Crippen molar-refractivity contribution >= 4 is 12.1 Å². The van der Waals surface area contributed by atoms with Crippen LogP contribution in [-0.4, -0.2) is 12.1 Å². The van der Waals surface area contributed by atoms with Gasteiger partial charge < -0.3 is 5.32 Å². The van der Waals surface area contributed by atoms with Crippen LogP contribution in [0.1, 0.15) is 13.8 Å². The van der Waals surface area contributed by atoms with Crippen molar-refractivity contribution in [1.29, 1.82) is 0 Å². The van der Waals surface area contributed by atoms with Crippen LogP contribution in [0.2, 0.25) is 0 Å². The van der Waals surface area contributed by atoms with E-state index in [-0.39, 0.29) is 0 Å². The van der Waals surface area contributed by atoms with Crippen molar-refractivity contribution in [3.05, 3.63) is 12.4 Å². The van der Waals surface area contributed by atoms with Crippen molar-refractivity contribution in [3.63, 3.8) is 0 Å². The molecule has 0 spiro atoms. The molecule has 3 heteroatoms. The standard InChI is InChI=1S/C6H10N2O/c1-6(2)8-4-3-7-5-9/h3-5H,1-2H3,(H,7,9)/b4-3-. The summed E-state index contributed by atoms with van der Waals surface area (Å²) in [6.45, 7) is 3.76. The van der Waals surface area contributed by atoms with Crippen LogP contribution in [0.5, 0.6) is 0 Å². The number of nitrogens with zero attached hydrogens (tertiary/aromatic N) is 1. The zero-order chi connectivity index (χ0) is 7.11. The molecule has 0 aliphatic heterocycles. The number of hydrogen-bond acceptors (Lipinski definition) is 2. The second kappa shape index (κ2) is 5.03. The average molecular weight is 126 g/mol. The minimum absolute atomic E-state index is 0.594. The van der Waals surface area contributed by atoms with E-state index in [0.717, 1.165) is 5.71 Å². The van der Waals surface area contributed by atoms with Crippen LogP contribution in [0, 0.1) is 0 Å². The van der Waals surface area contributed by atoms with Crippen molar-refractivity contribution in [3.8, 4) is 0 Å². The van der Waals surface area contributed by atoms with Crippen LogP contribution in [0.3, 0.4) is 0 Å². The molecular weight excluding hydrogens is 116 g/mol. The number of amides is 1. The Balaban J connectivity index is 3.47. The normalized spacial score (nSPS) is 9.11. The van der Waals surface area contributed by atoms with E-state index in [0.29, 0.717) is 6.41 Å². The minimum Gasteiger partial charge on any atom is -0.334 e. The van der Waals surface area contributed by atoms with Crippen LogP contribution in [0.15, 0.2) is 17.4 Å². The first kappa shape index (κ1) is 7.88. The van der Waals surface area contributed by atoms with Gasteiger partial charge in [-0.1, -0.05) is 0 Å². The summed E-state index contributed by atoms with van der Waals surface area (Å²) in [6, 6.07) is 0. The van der Waals surface area contributed by atoms with E-state index >= 15 is 0 Å². The number of carbonyl (C=O) groups excluding carboxylic acids is 1. The van der Waals surface area contributed by atoms with E-state index < -0.39 is 0 Å². The third-order valence-corrected chi connectivity index (χ3v) is 0.572. The van der Waals surface area contributed by atoms with Gasteiger partial charge in [-0.2, -0.15) is 0 Å². The summed E-state index contributed by atoms with van der Waals surface area (Å²) in [5.41, 5.74) is 0.957. The fourth-order valence-corrected chi connectivity index (χ4v) is 0.269. The lowest BCUT2D eigenvalue weighted by atomic mass is 10.5. The molecule has 0 rings (SSSR count). The van der Waals surface area contributed by atoms with E-state index in [9.17, 15) is 4.79 Å². The summed E-state index contributed by atoms with van der Waals surface area (Å²) < 4.78 is 0. The monoisotopic (exact) mass is 126 g/mol. The Morgan fingerprint density at radius 1 is 1.56 bits per heavy atom. The van der Waals surface area contributed by atoms with Crippen molar-refractivity contribution in [2.24, 2.45) is 4.99 Å². The quantitative estimate of drug-likeness (QED) is 0.438. The van der Waals surface area contributed by atoms with Crippen molar-refractivity contribution < 1.29 is 4.79 Å². The molecule has 0 saturated carbocycles. The van der Waals surface area contributed by atoms with E-state index in [1.165, 1.54) is 12.4 Å². The molecule has 0 aromatic rings. The third kappa shape index (κ3) is 6.88. The molecule has 0 atom stereocenters. The van der Waals surface area contributed by atoms with Gasteiger partial charge in [0.05, 0.1) is 0 Å². The fraction of sp³-hybridized carbons (Fsp3) is 0.333. The largest absolute Gasteiger partial charge is 0.334 e. The van der Waals surface area contributed by atoms with Crippen LogP contribution < -0.4 is 5.32 Å². The van der Waals surface area contributed by atoms with Gasteiger partial charge in [0.25, 0.3) is 0 Å². The minimum atomic E-state index is 0.594. The highest BCUT2D eigenvalue weighted by Gasteiger charge is 1.69. The first-order valence-corrected chi connectivity index (χ1v) is 2.63. The van der Waals surface area contributed by atoms with Gasteiger partial charge in [0.2, 0.25) is 6.41 Å². The fourth-order valence-electron chi connectivity index (χ4n) is 0.269. The van der Waals surface area contributed by atoms with Gasteiger partial charge in [0, 0.05) is 18.1 Å². The molecule has 1 N–H and O–H groups in total. The predicted octanol–water partition coefficient (Wildman–Crippen LogP) is 0.684. The number of hydrogen-bond donors (Lipinski definition) is 1. The van der Waals surface area contributed by atoms with Crippen LogP contribution in [0.25, 0.3) is 0 Å². The molecule has 50 valence electrons. The first-order chi connectivity index (χ1) is 4.27. The SMILES string of the molecule is CC(C)=N/C=C\NC=O. The molecule has 0 fully saturated rings. The molecule has 3 nitrogen and oxygen atoms in total. The molecule has 1 amide bonds. The van der Waals surface area contributed by atoms with Crippen LogP contribution >= 0.6 is 0 Å². The molecule has 0 bridgehead atoms. The Hall–Kier alpha value is -1.12. The maximum atomic E-state index is 9.64. The maximum Gasteiger partial charge on any atom is 0.211 e. The maximum absolute atomic E-state index is 9.64. The smallest absolute Gasteiger partial charge is 0.211 e. The second-order valence-corrected chi connectivity index (χ2v) is 1.68. The molecule has 9 heavy (non-hydrogen) atoms. The highest BCUT2D eigenvalue weighted by molar-refractivity contribution is 5.79. The van der Waals surface area contributed by atoms with Crippen molar-refractivity contribution in [1.82, 2.24) is 5.32 Å². The summed E-state index contributed by atoms with van der Waals surface area (Å²) in [5.74, 6) is 0. The summed E-state index contributed by atoms with van der Waals surface area (Å²) >= 11 is 0. The zero-order valence-electron chi connectivity index (χ0n) is 5.59. The van der Waals surface area contributed by atoms with E-state index in [2.05, 4.69) is 10.3 Å². The molecule has 0 aromatic carbocycles. The molecule has 0 aliphatic carbocycles. The van der Waals surface area contributed by atoms with E-state index in [1.807, 2.05) is 13.8 Å². The summed E-state index contributed by atoms with van der Waals surface area (Å²) in [7, 11) is 0. The predicted molar refractivity (Wildman–Crippen MR) is 37.1 cm³/mol. The van der Waals surface area contributed by atoms with Gasteiger partial charge in [-0.05, 0) is 13.8 Å². The van der Waals surface area contributed by atoms with Gasteiger partial charge in [-0.25, -0.2) is 0 Å². The number of carbonyl (C=O) groups is 1. The lowest BCUT2D eigenvalue weighted by Crippen LogP contribution is -1.97. The zero-order valence-corrected chi connectivity index (χ0v) is 5.59. The molecule has 0 unspecified atom stereocenters. The topological polar surface area (TPSA) is 41.5 Å². The molecule has 0 aliphatic rings. The Bertz CT molecular complexity index is 134. The van der Waals surface area contributed by atoms with Gasteiger partial charge in [-0.3, -0.25) is 9.79 Å². The van der Waals surface area contributed by atoms with Gasteiger partial charge in [0.15, 0.2) is 0 Å². The number of aliphatic imine (C=N–C) groups is 1. The van der Waals surface area contributed by atoms with E-state index in [4.69, 9.17) is 0 Å².